The van der Waals surface area contributed by atoms with E-state index in [0.717, 1.165) is 48.5 Å². The summed E-state index contributed by atoms with van der Waals surface area (Å²) in [4.78, 5) is 6.14. The van der Waals surface area contributed by atoms with Gasteiger partial charge in [0.25, 0.3) is 0 Å². The summed E-state index contributed by atoms with van der Waals surface area (Å²) in [6, 6.07) is 38.7. The van der Waals surface area contributed by atoms with Crippen LogP contribution in [0.1, 0.15) is 16.7 Å². The molecule has 0 aliphatic carbocycles. The Morgan fingerprint density at radius 1 is 0.457 bits per heavy atom. The minimum Gasteiger partial charge on any atom is -0.307 e. The van der Waals surface area contributed by atoms with Gasteiger partial charge in [0.2, 0.25) is 0 Å². The molecule has 0 bridgehead atoms. The van der Waals surface area contributed by atoms with Crippen LogP contribution in [0.3, 0.4) is 0 Å². The molecule has 0 aliphatic heterocycles. The fourth-order valence-electron chi connectivity index (χ4n) is 9.23. The van der Waals surface area contributed by atoms with Gasteiger partial charge in [0.05, 0.1) is 52.1 Å². The molecule has 0 aromatic heterocycles. The van der Waals surface area contributed by atoms with Crippen LogP contribution in [-0.4, -0.2) is 0 Å². The van der Waals surface area contributed by atoms with Gasteiger partial charge in [0.15, 0.2) is 17.3 Å². The Balaban J connectivity index is 1.28. The summed E-state index contributed by atoms with van der Waals surface area (Å²) in [6.45, 7) is 7.55. The first kappa shape index (κ1) is 44.9. The first-order chi connectivity index (χ1) is 33.5. The van der Waals surface area contributed by atoms with Crippen LogP contribution in [0.15, 0.2) is 170 Å². The van der Waals surface area contributed by atoms with Crippen molar-refractivity contribution >= 4 is 72.1 Å². The van der Waals surface area contributed by atoms with Crippen LogP contribution in [0.5, 0.6) is 0 Å². The molecule has 0 heterocycles. The third-order valence-corrected chi connectivity index (χ3v) is 12.1. The van der Waals surface area contributed by atoms with Gasteiger partial charge >= 0.3 is 12.4 Å². The van der Waals surface area contributed by atoms with E-state index in [0.29, 0.717) is 44.5 Å². The van der Waals surface area contributed by atoms with Crippen molar-refractivity contribution in [1.82, 2.24) is 0 Å². The monoisotopic (exact) mass is 946 g/mol. The van der Waals surface area contributed by atoms with E-state index in [9.17, 15) is 31.6 Å². The van der Waals surface area contributed by atoms with Crippen LogP contribution in [-0.2, 0) is 12.4 Å². The third-order valence-electron chi connectivity index (χ3n) is 12.1. The van der Waals surface area contributed by atoms with Crippen LogP contribution < -0.4 is 9.80 Å². The highest BCUT2D eigenvalue weighted by Crippen LogP contribution is 2.53. The fraction of sp³-hybridized carbons (Fsp3) is 0.0357. The Morgan fingerprint density at radius 2 is 0.857 bits per heavy atom. The molecule has 0 amide bonds. The highest BCUT2D eigenvalue weighted by atomic mass is 19.4. The predicted octanol–water partition coefficient (Wildman–Crippen LogP) is 17.9. The van der Waals surface area contributed by atoms with Crippen LogP contribution >= 0.6 is 0 Å². The quantitative estimate of drug-likeness (QED) is 0.0865. The van der Waals surface area contributed by atoms with Crippen molar-refractivity contribution in [3.63, 3.8) is 0 Å². The van der Waals surface area contributed by atoms with Gasteiger partial charge in [-0.3, -0.25) is 0 Å². The van der Waals surface area contributed by atoms with E-state index in [4.69, 9.17) is 6.57 Å². The van der Waals surface area contributed by atoms with Gasteiger partial charge in [0.1, 0.15) is 11.6 Å². The maximum absolute atomic E-state index is 16.9. The molecule has 4 nitrogen and oxygen atoms in total. The number of alkyl halides is 6. The molecule has 0 fully saturated rings. The van der Waals surface area contributed by atoms with E-state index in [1.807, 2.05) is 6.07 Å². The van der Waals surface area contributed by atoms with Gasteiger partial charge < -0.3 is 9.80 Å². The zero-order valence-corrected chi connectivity index (χ0v) is 35.7. The van der Waals surface area contributed by atoms with Crippen molar-refractivity contribution in [2.45, 2.75) is 12.4 Å². The number of nitriles is 1. The summed E-state index contributed by atoms with van der Waals surface area (Å²) in [6.07, 6.45) is -9.87. The van der Waals surface area contributed by atoms with Gasteiger partial charge in [-0.25, -0.2) is 22.4 Å². The van der Waals surface area contributed by atoms with Crippen molar-refractivity contribution in [2.75, 3.05) is 9.80 Å². The van der Waals surface area contributed by atoms with Crippen molar-refractivity contribution < 1.29 is 43.9 Å². The average Bonchev–Trinajstić information content (AvgIpc) is 3.34. The summed E-state index contributed by atoms with van der Waals surface area (Å²) in [5.41, 5.74) is -3.92. The van der Waals surface area contributed by atoms with Gasteiger partial charge in [-0.1, -0.05) is 84.9 Å². The lowest BCUT2D eigenvalue weighted by molar-refractivity contribution is -0.137. The number of benzene rings is 10. The zero-order valence-electron chi connectivity index (χ0n) is 35.7. The largest absolute Gasteiger partial charge is 0.417 e. The number of rotatable bonds is 8. The van der Waals surface area contributed by atoms with E-state index in [2.05, 4.69) is 4.85 Å². The lowest BCUT2D eigenvalue weighted by atomic mass is 9.90. The lowest BCUT2D eigenvalue weighted by Crippen LogP contribution is -2.16. The van der Waals surface area contributed by atoms with Crippen LogP contribution in [0.25, 0.3) is 59.4 Å². The number of anilines is 6. The minimum atomic E-state index is -4.94. The SMILES string of the molecule is [C-]#[N+]c1ccc(N(c2c(F)cc(F)cc2-c2ccccc2C(F)(F)F)c2ccc3ccc4c(N(c5ccc(C#N)cc5)c5c(F)cc(F)cc5-c5ccccc5C(F)(F)F)ccc5ccc2c3c54)cc1. The van der Waals surface area contributed by atoms with Gasteiger partial charge in [0, 0.05) is 45.4 Å². The third kappa shape index (κ3) is 7.69. The number of hydrogen-bond donors (Lipinski definition) is 0. The van der Waals surface area contributed by atoms with E-state index < -0.39 is 80.4 Å². The number of nitrogens with zero attached hydrogens (tertiary/aromatic N) is 4. The van der Waals surface area contributed by atoms with E-state index in [1.165, 1.54) is 70.5 Å². The van der Waals surface area contributed by atoms with Gasteiger partial charge in [-0.05, 0) is 105 Å². The highest BCUT2D eigenvalue weighted by molar-refractivity contribution is 6.28. The van der Waals surface area contributed by atoms with E-state index in [-0.39, 0.29) is 34.0 Å². The smallest absolute Gasteiger partial charge is 0.307 e. The summed E-state index contributed by atoms with van der Waals surface area (Å²) < 4.78 is 152. The molecule has 0 aliphatic rings. The van der Waals surface area contributed by atoms with Gasteiger partial charge in [-0.2, -0.15) is 31.6 Å². The topological polar surface area (TPSA) is 34.6 Å². The second-order valence-electron chi connectivity index (χ2n) is 16.2. The standard InChI is InChI=1S/C56H28F10N4/c1-68-36-16-20-38(21-17-36)70(54-44(27-35(58)29-48(54)60)40-7-3-5-9-46(40)56(64,65)66)50-25-15-33-12-22-41-49(24-14-32-13-23-42(50)52(33)51(32)41)69(37-18-10-31(30-67)11-19-37)53-43(26-34(57)28-47(53)59)39-6-2-4-8-45(39)55(61,62)63/h2-29H. The zero-order chi connectivity index (χ0) is 49.2. The van der Waals surface area contributed by atoms with Crippen molar-refractivity contribution in [2.24, 2.45) is 0 Å². The highest BCUT2D eigenvalue weighted by Gasteiger charge is 2.37. The lowest BCUT2D eigenvalue weighted by Gasteiger charge is -2.31. The summed E-state index contributed by atoms with van der Waals surface area (Å²) in [5.74, 6) is -4.72. The molecule has 0 unspecified atom stereocenters. The Kier molecular flexibility index (Phi) is 10.9. The second kappa shape index (κ2) is 17.0. The van der Waals surface area contributed by atoms with Crippen molar-refractivity contribution in [3.8, 4) is 28.3 Å². The molecule has 0 atom stereocenters. The Hall–Kier alpha value is -8.88. The van der Waals surface area contributed by atoms with Crippen molar-refractivity contribution in [3.05, 3.63) is 221 Å². The molecule has 342 valence electrons. The van der Waals surface area contributed by atoms with E-state index in [1.54, 1.807) is 48.5 Å². The molecule has 0 radical (unpaired) electrons. The molecular weight excluding hydrogens is 919 g/mol. The van der Waals surface area contributed by atoms with Crippen molar-refractivity contribution in [1.29, 1.82) is 5.26 Å². The van der Waals surface area contributed by atoms with Crippen LogP contribution in [0, 0.1) is 41.2 Å². The second-order valence-corrected chi connectivity index (χ2v) is 16.2. The van der Waals surface area contributed by atoms with Gasteiger partial charge in [-0.15, -0.1) is 0 Å². The minimum absolute atomic E-state index is 0.179. The molecule has 10 aromatic carbocycles. The predicted molar refractivity (Wildman–Crippen MR) is 251 cm³/mol. The Morgan fingerprint density at radius 3 is 1.26 bits per heavy atom. The Bertz CT molecular complexity index is 3530. The molecule has 0 saturated carbocycles. The maximum Gasteiger partial charge on any atom is 0.417 e. The molecule has 0 saturated heterocycles. The van der Waals surface area contributed by atoms with E-state index >= 15 is 17.6 Å². The molecule has 0 spiro atoms. The fourth-order valence-corrected chi connectivity index (χ4v) is 9.23. The van der Waals surface area contributed by atoms with Crippen LogP contribution in [0.4, 0.5) is 83.7 Å². The normalized spacial score (nSPS) is 11.8. The summed E-state index contributed by atoms with van der Waals surface area (Å²) >= 11 is 0. The molecule has 70 heavy (non-hydrogen) atoms. The number of halogens is 10. The number of hydrogen-bond acceptors (Lipinski definition) is 3. The first-order valence-electron chi connectivity index (χ1n) is 21.2. The Labute approximate surface area is 391 Å². The molecule has 0 N–H and O–H groups in total. The summed E-state index contributed by atoms with van der Waals surface area (Å²) in [7, 11) is 0. The molecule has 10 rings (SSSR count). The molecule has 14 heteroatoms. The summed E-state index contributed by atoms with van der Waals surface area (Å²) in [5, 5.41) is 12.7. The molecular formula is C56H28F10N4. The molecule has 10 aromatic rings. The maximum atomic E-state index is 16.9. The average molecular weight is 947 g/mol. The first-order valence-corrected chi connectivity index (χ1v) is 21.2. The van der Waals surface area contributed by atoms with Crippen LogP contribution in [0.2, 0.25) is 0 Å².